The second-order valence-electron chi connectivity index (χ2n) is 9.04. The molecule has 2 aliphatic rings. The fourth-order valence-electron chi connectivity index (χ4n) is 4.84. The van der Waals surface area contributed by atoms with Crippen LogP contribution in [0.25, 0.3) is 6.08 Å². The Morgan fingerprint density at radius 1 is 1.03 bits per heavy atom. The Kier molecular flexibility index (Phi) is 7.05. The molecule has 0 saturated carbocycles. The van der Waals surface area contributed by atoms with E-state index in [1.807, 2.05) is 36.4 Å². The van der Waals surface area contributed by atoms with Crippen molar-refractivity contribution < 1.29 is 9.59 Å². The highest BCUT2D eigenvalue weighted by Gasteiger charge is 2.29. The lowest BCUT2D eigenvalue weighted by molar-refractivity contribution is -0.130. The van der Waals surface area contributed by atoms with Crippen molar-refractivity contribution in [2.24, 2.45) is 5.92 Å². The molecule has 4 rings (SSSR count). The van der Waals surface area contributed by atoms with Crippen LogP contribution in [0.4, 0.5) is 0 Å². The maximum Gasteiger partial charge on any atom is 0.223 e. The van der Waals surface area contributed by atoms with Gasteiger partial charge in [0.05, 0.1) is 18.5 Å². The lowest BCUT2D eigenvalue weighted by atomic mass is 9.93. The van der Waals surface area contributed by atoms with E-state index in [1.165, 1.54) is 18.4 Å². The molecule has 1 fully saturated rings. The van der Waals surface area contributed by atoms with E-state index >= 15 is 0 Å². The second kappa shape index (κ2) is 10.1. The highest BCUT2D eigenvalue weighted by atomic mass is 16.2. The lowest BCUT2D eigenvalue weighted by Gasteiger charge is -2.37. The minimum atomic E-state index is -0.278. The van der Waals surface area contributed by atoms with Crippen LogP contribution in [0.5, 0.6) is 0 Å². The van der Waals surface area contributed by atoms with Crippen LogP contribution in [0.2, 0.25) is 0 Å². The monoisotopic (exact) mass is 431 g/mol. The van der Waals surface area contributed by atoms with E-state index in [9.17, 15) is 9.59 Å². The second-order valence-corrected chi connectivity index (χ2v) is 9.04. The van der Waals surface area contributed by atoms with Crippen molar-refractivity contribution in [2.75, 3.05) is 19.6 Å². The molecule has 0 aliphatic carbocycles. The first-order valence-corrected chi connectivity index (χ1v) is 11.6. The summed E-state index contributed by atoms with van der Waals surface area (Å²) in [5.74, 6) is 0.671. The third kappa shape index (κ3) is 5.10. The molecule has 5 heteroatoms. The van der Waals surface area contributed by atoms with Gasteiger partial charge in [-0.05, 0) is 54.6 Å². The molecule has 5 nitrogen and oxygen atoms in total. The van der Waals surface area contributed by atoms with Crippen LogP contribution in [-0.2, 0) is 9.59 Å². The van der Waals surface area contributed by atoms with Gasteiger partial charge in [-0.3, -0.25) is 14.5 Å². The predicted octanol–water partition coefficient (Wildman–Crippen LogP) is 4.54. The standard InChI is InChI=1S/C27H33N3O2/c1-20-12-15-29(16-13-20)26(23-9-4-3-5-10-23)19-28-27(32)18-25-24-11-7-6-8-22(24)14-17-30(25)21(2)31/h3-11,14,17,20,25-26H,12-13,15-16,18-19H2,1-2H3,(H,28,32). The third-order valence-electron chi connectivity index (χ3n) is 6.78. The van der Waals surface area contributed by atoms with Gasteiger partial charge in [-0.25, -0.2) is 0 Å². The average Bonchev–Trinajstić information content (AvgIpc) is 2.81. The van der Waals surface area contributed by atoms with Crippen LogP contribution in [-0.4, -0.2) is 41.2 Å². The molecule has 0 spiro atoms. The number of carbonyl (C=O) groups is 2. The topological polar surface area (TPSA) is 52.7 Å². The molecule has 1 N–H and O–H groups in total. The fourth-order valence-corrected chi connectivity index (χ4v) is 4.84. The molecule has 2 aliphatic heterocycles. The number of piperidine rings is 1. The zero-order chi connectivity index (χ0) is 22.5. The molecule has 2 atom stereocenters. The highest BCUT2D eigenvalue weighted by Crippen LogP contribution is 2.33. The number of hydrogen-bond acceptors (Lipinski definition) is 3. The number of nitrogens with one attached hydrogen (secondary N) is 1. The Balaban J connectivity index is 1.46. The average molecular weight is 432 g/mol. The number of carbonyl (C=O) groups excluding carboxylic acids is 2. The van der Waals surface area contributed by atoms with Crippen molar-refractivity contribution in [2.45, 2.75) is 45.2 Å². The maximum absolute atomic E-state index is 13.1. The van der Waals surface area contributed by atoms with Gasteiger partial charge in [-0.2, -0.15) is 0 Å². The molecule has 32 heavy (non-hydrogen) atoms. The number of nitrogens with zero attached hydrogens (tertiary/aromatic N) is 2. The number of fused-ring (bicyclic) bond motifs is 1. The maximum atomic E-state index is 13.1. The van der Waals surface area contributed by atoms with E-state index in [1.54, 1.807) is 18.0 Å². The number of likely N-dealkylation sites (tertiary alicyclic amines) is 1. The van der Waals surface area contributed by atoms with Gasteiger partial charge in [0.1, 0.15) is 0 Å². The largest absolute Gasteiger partial charge is 0.354 e. The number of amides is 2. The molecule has 0 bridgehead atoms. The summed E-state index contributed by atoms with van der Waals surface area (Å²) in [7, 11) is 0. The summed E-state index contributed by atoms with van der Waals surface area (Å²) in [6.45, 7) is 6.53. The molecule has 0 aromatic heterocycles. The Morgan fingerprint density at radius 3 is 2.44 bits per heavy atom. The molecule has 168 valence electrons. The predicted molar refractivity (Wildman–Crippen MR) is 128 cm³/mol. The molecule has 2 aromatic carbocycles. The molecule has 2 aromatic rings. The summed E-state index contributed by atoms with van der Waals surface area (Å²) in [6.07, 6.45) is 6.36. The summed E-state index contributed by atoms with van der Waals surface area (Å²) in [5, 5.41) is 3.18. The molecule has 1 saturated heterocycles. The SMILES string of the molecule is CC(=O)N1C=Cc2ccccc2C1CC(=O)NCC(c1ccccc1)N1CCC(C)CC1. The minimum absolute atomic E-state index is 0.0299. The van der Waals surface area contributed by atoms with Gasteiger partial charge >= 0.3 is 0 Å². The Hall–Kier alpha value is -2.92. The van der Waals surface area contributed by atoms with Crippen molar-refractivity contribution in [3.8, 4) is 0 Å². The van der Waals surface area contributed by atoms with Gasteiger partial charge in [0.2, 0.25) is 11.8 Å². The molecular weight excluding hydrogens is 398 g/mol. The van der Waals surface area contributed by atoms with E-state index in [4.69, 9.17) is 0 Å². The Labute approximate surface area is 191 Å². The first-order chi connectivity index (χ1) is 15.5. The number of rotatable bonds is 6. The lowest BCUT2D eigenvalue weighted by Crippen LogP contribution is -2.42. The molecular formula is C27H33N3O2. The molecule has 2 unspecified atom stereocenters. The quantitative estimate of drug-likeness (QED) is 0.731. The van der Waals surface area contributed by atoms with Gasteiger partial charge in [-0.15, -0.1) is 0 Å². The van der Waals surface area contributed by atoms with Crippen LogP contribution in [0.3, 0.4) is 0 Å². The van der Waals surface area contributed by atoms with E-state index in [0.29, 0.717) is 6.54 Å². The van der Waals surface area contributed by atoms with Crippen LogP contribution >= 0.6 is 0 Å². The van der Waals surface area contributed by atoms with E-state index in [2.05, 4.69) is 41.4 Å². The summed E-state index contributed by atoms with van der Waals surface area (Å²) >= 11 is 0. The van der Waals surface area contributed by atoms with Crippen LogP contribution < -0.4 is 5.32 Å². The smallest absolute Gasteiger partial charge is 0.223 e. The van der Waals surface area contributed by atoms with E-state index < -0.39 is 0 Å². The highest BCUT2D eigenvalue weighted by molar-refractivity contribution is 5.81. The van der Waals surface area contributed by atoms with Crippen molar-refractivity contribution in [3.05, 3.63) is 77.5 Å². The van der Waals surface area contributed by atoms with Gasteiger partial charge in [0.15, 0.2) is 0 Å². The van der Waals surface area contributed by atoms with Crippen molar-refractivity contribution in [1.29, 1.82) is 0 Å². The van der Waals surface area contributed by atoms with Crippen molar-refractivity contribution >= 4 is 17.9 Å². The molecule has 2 heterocycles. The Bertz CT molecular complexity index is 964. The van der Waals surface area contributed by atoms with Crippen LogP contribution in [0.1, 0.15) is 61.9 Å². The van der Waals surface area contributed by atoms with Crippen molar-refractivity contribution in [1.82, 2.24) is 15.1 Å². The van der Waals surface area contributed by atoms with E-state index in [-0.39, 0.29) is 30.3 Å². The molecule has 0 radical (unpaired) electrons. The van der Waals surface area contributed by atoms with Crippen molar-refractivity contribution in [3.63, 3.8) is 0 Å². The van der Waals surface area contributed by atoms with Crippen LogP contribution in [0.15, 0.2) is 60.8 Å². The first kappa shape index (κ1) is 22.3. The van der Waals surface area contributed by atoms with Gasteiger partial charge in [0, 0.05) is 19.7 Å². The van der Waals surface area contributed by atoms with Gasteiger partial charge in [0.25, 0.3) is 0 Å². The van der Waals surface area contributed by atoms with Gasteiger partial charge < -0.3 is 10.2 Å². The summed E-state index contributed by atoms with van der Waals surface area (Å²) in [6, 6.07) is 18.3. The zero-order valence-corrected chi connectivity index (χ0v) is 19.0. The Morgan fingerprint density at radius 2 is 1.72 bits per heavy atom. The fraction of sp³-hybridized carbons (Fsp3) is 0.407. The number of benzene rings is 2. The number of hydrogen-bond donors (Lipinski definition) is 1. The molecule has 2 amide bonds. The summed E-state index contributed by atoms with van der Waals surface area (Å²) < 4.78 is 0. The summed E-state index contributed by atoms with van der Waals surface area (Å²) in [4.78, 5) is 29.5. The normalized spacial score (nSPS) is 19.9. The third-order valence-corrected chi connectivity index (χ3v) is 6.78. The summed E-state index contributed by atoms with van der Waals surface area (Å²) in [5.41, 5.74) is 3.32. The first-order valence-electron chi connectivity index (χ1n) is 11.6. The van der Waals surface area contributed by atoms with Crippen LogP contribution in [0, 0.1) is 5.92 Å². The minimum Gasteiger partial charge on any atom is -0.354 e. The van der Waals surface area contributed by atoms with E-state index in [0.717, 1.165) is 30.1 Å². The van der Waals surface area contributed by atoms with Gasteiger partial charge in [-0.1, -0.05) is 61.5 Å². The zero-order valence-electron chi connectivity index (χ0n) is 19.0.